The van der Waals surface area contributed by atoms with Crippen LogP contribution in [0.3, 0.4) is 0 Å². The fourth-order valence-corrected chi connectivity index (χ4v) is 1.46. The van der Waals surface area contributed by atoms with E-state index in [9.17, 15) is 0 Å². The molecule has 0 amide bonds. The number of nitrogens with two attached hydrogens (primary N) is 1. The Hall–Kier alpha value is -0.870. The van der Waals surface area contributed by atoms with E-state index in [2.05, 4.69) is 25.9 Å². The lowest BCUT2D eigenvalue weighted by Gasteiger charge is -2.19. The first-order valence-electron chi connectivity index (χ1n) is 4.76. The maximum atomic E-state index is 9.03. The monoisotopic (exact) mass is 197 g/mol. The summed E-state index contributed by atoms with van der Waals surface area (Å²) in [5.74, 6) is 0. The number of nitrogens with zero attached hydrogens (tertiary/aromatic N) is 2. The van der Waals surface area contributed by atoms with Gasteiger partial charge in [-0.1, -0.05) is 20.8 Å². The number of rotatable bonds is 2. The average molecular weight is 197 g/mol. The van der Waals surface area contributed by atoms with Gasteiger partial charge in [0, 0.05) is 24.2 Å². The van der Waals surface area contributed by atoms with Gasteiger partial charge >= 0.3 is 0 Å². The Balaban J connectivity index is 3.16. The van der Waals surface area contributed by atoms with Crippen LogP contribution in [0.25, 0.3) is 0 Å². The highest BCUT2D eigenvalue weighted by atomic mass is 16.3. The average Bonchev–Trinajstić information content (AvgIpc) is 2.45. The molecule has 1 rings (SSSR count). The molecule has 0 bridgehead atoms. The number of hydrogen-bond acceptors (Lipinski definition) is 3. The SMILES string of the molecule is Cn1cc([C@@H](N)CO)c(C(C)(C)C)n1. The van der Waals surface area contributed by atoms with E-state index >= 15 is 0 Å². The lowest BCUT2D eigenvalue weighted by atomic mass is 9.88. The van der Waals surface area contributed by atoms with E-state index < -0.39 is 0 Å². The van der Waals surface area contributed by atoms with E-state index in [1.54, 1.807) is 4.68 Å². The highest BCUT2D eigenvalue weighted by molar-refractivity contribution is 5.27. The Kier molecular flexibility index (Phi) is 2.97. The third-order valence-electron chi connectivity index (χ3n) is 2.16. The van der Waals surface area contributed by atoms with Gasteiger partial charge in [0.1, 0.15) is 0 Å². The zero-order chi connectivity index (χ0) is 10.9. The minimum atomic E-state index is -0.335. The molecule has 1 aromatic heterocycles. The van der Waals surface area contributed by atoms with Crippen LogP contribution in [-0.4, -0.2) is 21.5 Å². The van der Waals surface area contributed by atoms with Crippen molar-refractivity contribution >= 4 is 0 Å². The normalized spacial score (nSPS) is 14.4. The van der Waals surface area contributed by atoms with Crippen LogP contribution in [0.15, 0.2) is 6.20 Å². The van der Waals surface area contributed by atoms with E-state index in [-0.39, 0.29) is 18.1 Å². The summed E-state index contributed by atoms with van der Waals surface area (Å²) >= 11 is 0. The maximum absolute atomic E-state index is 9.03. The minimum Gasteiger partial charge on any atom is -0.394 e. The van der Waals surface area contributed by atoms with E-state index in [1.807, 2.05) is 13.2 Å². The molecule has 1 aromatic rings. The first-order valence-corrected chi connectivity index (χ1v) is 4.76. The van der Waals surface area contributed by atoms with Gasteiger partial charge in [-0.05, 0) is 0 Å². The van der Waals surface area contributed by atoms with E-state index in [1.165, 1.54) is 0 Å². The van der Waals surface area contributed by atoms with E-state index in [0.717, 1.165) is 11.3 Å². The molecule has 80 valence electrons. The van der Waals surface area contributed by atoms with Crippen LogP contribution in [0.1, 0.15) is 38.1 Å². The molecule has 0 radical (unpaired) electrons. The molecule has 0 spiro atoms. The third-order valence-corrected chi connectivity index (χ3v) is 2.16. The second-order valence-electron chi connectivity index (χ2n) is 4.65. The molecule has 14 heavy (non-hydrogen) atoms. The third kappa shape index (κ3) is 2.13. The Morgan fingerprint density at radius 2 is 2.14 bits per heavy atom. The van der Waals surface area contributed by atoms with Crippen LogP contribution in [0.5, 0.6) is 0 Å². The van der Waals surface area contributed by atoms with E-state index in [4.69, 9.17) is 10.8 Å². The number of aromatic nitrogens is 2. The Bertz CT molecular complexity index is 312. The molecule has 0 aliphatic heterocycles. The maximum Gasteiger partial charge on any atom is 0.0726 e. The zero-order valence-corrected chi connectivity index (χ0v) is 9.28. The van der Waals surface area contributed by atoms with Crippen LogP contribution in [0, 0.1) is 0 Å². The molecule has 0 saturated heterocycles. The fraction of sp³-hybridized carbons (Fsp3) is 0.700. The number of aliphatic hydroxyl groups excluding tert-OH is 1. The second kappa shape index (κ2) is 3.71. The highest BCUT2D eigenvalue weighted by Crippen LogP contribution is 2.27. The molecule has 0 aliphatic carbocycles. The predicted molar refractivity (Wildman–Crippen MR) is 55.9 cm³/mol. The fourth-order valence-electron chi connectivity index (χ4n) is 1.46. The number of aryl methyl sites for hydroxylation is 1. The summed E-state index contributed by atoms with van der Waals surface area (Å²) in [5, 5.41) is 13.4. The summed E-state index contributed by atoms with van der Waals surface area (Å²) in [4.78, 5) is 0. The Morgan fingerprint density at radius 1 is 1.57 bits per heavy atom. The highest BCUT2D eigenvalue weighted by Gasteiger charge is 2.24. The van der Waals surface area contributed by atoms with Crippen molar-refractivity contribution in [2.75, 3.05) is 6.61 Å². The van der Waals surface area contributed by atoms with Crippen molar-refractivity contribution in [2.45, 2.75) is 32.2 Å². The number of aliphatic hydroxyl groups is 1. The molecule has 4 heteroatoms. The van der Waals surface area contributed by atoms with Gasteiger partial charge in [0.2, 0.25) is 0 Å². The van der Waals surface area contributed by atoms with Crippen LogP contribution in [0.2, 0.25) is 0 Å². The Morgan fingerprint density at radius 3 is 2.57 bits per heavy atom. The first kappa shape index (κ1) is 11.2. The zero-order valence-electron chi connectivity index (χ0n) is 9.28. The van der Waals surface area contributed by atoms with Gasteiger partial charge in [0.05, 0.1) is 18.3 Å². The largest absolute Gasteiger partial charge is 0.394 e. The summed E-state index contributed by atoms with van der Waals surface area (Å²) < 4.78 is 1.74. The first-order chi connectivity index (χ1) is 6.36. The van der Waals surface area contributed by atoms with Crippen molar-refractivity contribution in [2.24, 2.45) is 12.8 Å². The van der Waals surface area contributed by atoms with Gasteiger partial charge in [0.15, 0.2) is 0 Å². The Labute approximate surface area is 84.7 Å². The lowest BCUT2D eigenvalue weighted by molar-refractivity contribution is 0.266. The van der Waals surface area contributed by atoms with Crippen molar-refractivity contribution in [1.29, 1.82) is 0 Å². The lowest BCUT2D eigenvalue weighted by Crippen LogP contribution is -2.21. The topological polar surface area (TPSA) is 64.1 Å². The van der Waals surface area contributed by atoms with Gasteiger partial charge in [-0.25, -0.2) is 0 Å². The molecule has 0 fully saturated rings. The summed E-state index contributed by atoms with van der Waals surface area (Å²) in [6, 6.07) is -0.335. The molecule has 0 aromatic carbocycles. The quantitative estimate of drug-likeness (QED) is 0.734. The van der Waals surface area contributed by atoms with Crippen molar-refractivity contribution in [3.63, 3.8) is 0 Å². The second-order valence-corrected chi connectivity index (χ2v) is 4.65. The van der Waals surface area contributed by atoms with Gasteiger partial charge in [-0.3, -0.25) is 4.68 Å². The molecule has 1 atom stereocenters. The molecule has 3 N–H and O–H groups in total. The van der Waals surface area contributed by atoms with Crippen molar-refractivity contribution in [3.05, 3.63) is 17.5 Å². The summed E-state index contributed by atoms with van der Waals surface area (Å²) in [6.07, 6.45) is 1.88. The molecule has 0 unspecified atom stereocenters. The van der Waals surface area contributed by atoms with Crippen molar-refractivity contribution in [1.82, 2.24) is 9.78 Å². The molecule has 1 heterocycles. The van der Waals surface area contributed by atoms with Gasteiger partial charge in [-0.15, -0.1) is 0 Å². The molecular formula is C10H19N3O. The molecule has 0 saturated carbocycles. The standard InChI is InChI=1S/C10H19N3O/c1-10(2,3)9-7(8(11)6-14)5-13(4)12-9/h5,8,14H,6,11H2,1-4H3/t8-/m0/s1. The van der Waals surface area contributed by atoms with Gasteiger partial charge < -0.3 is 10.8 Å². The summed E-state index contributed by atoms with van der Waals surface area (Å²) in [6.45, 7) is 6.21. The smallest absolute Gasteiger partial charge is 0.0726 e. The van der Waals surface area contributed by atoms with Crippen LogP contribution >= 0.6 is 0 Å². The molecule has 4 nitrogen and oxygen atoms in total. The van der Waals surface area contributed by atoms with E-state index in [0.29, 0.717) is 0 Å². The number of hydrogen-bond donors (Lipinski definition) is 2. The van der Waals surface area contributed by atoms with Crippen molar-refractivity contribution < 1.29 is 5.11 Å². The molecular weight excluding hydrogens is 178 g/mol. The van der Waals surface area contributed by atoms with Crippen LogP contribution < -0.4 is 5.73 Å². The predicted octanol–water partition coefficient (Wildman–Crippen LogP) is 0.710. The summed E-state index contributed by atoms with van der Waals surface area (Å²) in [7, 11) is 1.86. The molecule has 0 aliphatic rings. The van der Waals surface area contributed by atoms with Crippen LogP contribution in [-0.2, 0) is 12.5 Å². The van der Waals surface area contributed by atoms with Crippen LogP contribution in [0.4, 0.5) is 0 Å². The van der Waals surface area contributed by atoms with Crippen molar-refractivity contribution in [3.8, 4) is 0 Å². The van der Waals surface area contributed by atoms with Gasteiger partial charge in [0.25, 0.3) is 0 Å². The van der Waals surface area contributed by atoms with Gasteiger partial charge in [-0.2, -0.15) is 5.10 Å². The minimum absolute atomic E-state index is 0.0383. The summed E-state index contributed by atoms with van der Waals surface area (Å²) in [5.41, 5.74) is 7.66.